The quantitative estimate of drug-likeness (QED) is 0.538. The molecule has 222 valence electrons. The van der Waals surface area contributed by atoms with Crippen molar-refractivity contribution in [2.24, 2.45) is 0 Å². The van der Waals surface area contributed by atoms with Gasteiger partial charge >= 0.3 is 0 Å². The van der Waals surface area contributed by atoms with Crippen LogP contribution >= 0.6 is 0 Å². The number of alkyl halides is 2. The second-order valence-corrected chi connectivity index (χ2v) is 11.3. The SMILES string of the molecule is O=C(NCC(c1cnc(N2CCOCC2)nc1)N1CCC(F)(F)CC1)C1CCCc2nc(N3CCOCC3)ccc21. The predicted molar refractivity (Wildman–Crippen MR) is 150 cm³/mol. The number of likely N-dealkylation sites (tertiary alicyclic amines) is 1. The molecule has 3 saturated heterocycles. The first-order valence-electron chi connectivity index (χ1n) is 14.8. The summed E-state index contributed by atoms with van der Waals surface area (Å²) in [5.74, 6) is -1.41. The zero-order chi connectivity index (χ0) is 28.2. The van der Waals surface area contributed by atoms with Gasteiger partial charge in [0.1, 0.15) is 5.82 Å². The van der Waals surface area contributed by atoms with E-state index in [0.29, 0.717) is 38.9 Å². The van der Waals surface area contributed by atoms with E-state index in [1.54, 1.807) is 12.4 Å². The number of pyridine rings is 1. The van der Waals surface area contributed by atoms with Gasteiger partial charge < -0.3 is 24.6 Å². The highest BCUT2D eigenvalue weighted by Crippen LogP contribution is 2.34. The zero-order valence-electron chi connectivity index (χ0n) is 23.4. The Morgan fingerprint density at radius 3 is 2.32 bits per heavy atom. The van der Waals surface area contributed by atoms with Crippen LogP contribution < -0.4 is 15.1 Å². The Hall–Kier alpha value is -2.96. The number of amides is 1. The Morgan fingerprint density at radius 1 is 0.976 bits per heavy atom. The topological polar surface area (TPSA) is 96.0 Å². The van der Waals surface area contributed by atoms with E-state index < -0.39 is 5.92 Å². The molecule has 2 aromatic heterocycles. The van der Waals surface area contributed by atoms with E-state index in [9.17, 15) is 13.6 Å². The molecule has 1 amide bonds. The van der Waals surface area contributed by atoms with Crippen LogP contribution in [0.2, 0.25) is 0 Å². The molecule has 1 N–H and O–H groups in total. The average molecular weight is 572 g/mol. The lowest BCUT2D eigenvalue weighted by molar-refractivity contribution is -0.123. The van der Waals surface area contributed by atoms with Crippen molar-refractivity contribution in [3.8, 4) is 0 Å². The molecule has 2 aromatic rings. The van der Waals surface area contributed by atoms with Gasteiger partial charge in [-0.05, 0) is 30.9 Å². The van der Waals surface area contributed by atoms with Crippen molar-refractivity contribution in [1.29, 1.82) is 0 Å². The van der Waals surface area contributed by atoms with Crippen LogP contribution in [0.3, 0.4) is 0 Å². The standard InChI is InChI=1S/C29H39F2N7O3/c30-29(31)6-8-36(9-7-29)25(21-18-33-28(34-19-21)38-12-16-41-17-13-38)20-32-27(39)23-2-1-3-24-22(23)4-5-26(35-24)37-10-14-40-15-11-37/h4-5,18-19,23,25H,1-3,6-17,20H2,(H,32,39). The molecule has 0 radical (unpaired) electrons. The maximum atomic E-state index is 14.0. The summed E-state index contributed by atoms with van der Waals surface area (Å²) in [5, 5.41) is 3.16. The van der Waals surface area contributed by atoms with E-state index in [0.717, 1.165) is 68.1 Å². The number of aryl methyl sites for hydroxylation is 1. The fourth-order valence-corrected chi connectivity index (χ4v) is 6.26. The lowest BCUT2D eigenvalue weighted by Crippen LogP contribution is -2.46. The monoisotopic (exact) mass is 571 g/mol. The van der Waals surface area contributed by atoms with E-state index in [1.807, 2.05) is 11.0 Å². The number of fused-ring (bicyclic) bond motifs is 1. The molecular formula is C29H39F2N7O3. The van der Waals surface area contributed by atoms with Gasteiger partial charge in [0.2, 0.25) is 11.9 Å². The molecule has 6 rings (SSSR count). The summed E-state index contributed by atoms with van der Waals surface area (Å²) in [6.45, 7) is 6.55. The molecule has 41 heavy (non-hydrogen) atoms. The number of carbonyl (C=O) groups is 1. The lowest BCUT2D eigenvalue weighted by Gasteiger charge is -2.38. The summed E-state index contributed by atoms with van der Waals surface area (Å²) in [6, 6.07) is 3.78. The van der Waals surface area contributed by atoms with Crippen LogP contribution in [0.1, 0.15) is 54.5 Å². The molecule has 2 unspecified atom stereocenters. The van der Waals surface area contributed by atoms with Gasteiger partial charge in [0.05, 0.1) is 38.4 Å². The van der Waals surface area contributed by atoms with E-state index in [4.69, 9.17) is 14.5 Å². The molecule has 0 bridgehead atoms. The van der Waals surface area contributed by atoms with Crippen LogP contribution in [0.25, 0.3) is 0 Å². The highest BCUT2D eigenvalue weighted by Gasteiger charge is 2.37. The molecule has 0 saturated carbocycles. The molecule has 12 heteroatoms. The molecule has 5 heterocycles. The molecule has 10 nitrogen and oxygen atoms in total. The van der Waals surface area contributed by atoms with Crippen LogP contribution in [-0.4, -0.2) is 104 Å². The minimum Gasteiger partial charge on any atom is -0.378 e. The van der Waals surface area contributed by atoms with Crippen molar-refractivity contribution in [2.75, 3.05) is 82.0 Å². The minimum absolute atomic E-state index is 0.0509. The van der Waals surface area contributed by atoms with Crippen LogP contribution in [-0.2, 0) is 20.7 Å². The Bertz CT molecular complexity index is 1180. The first-order chi connectivity index (χ1) is 20.0. The summed E-state index contributed by atoms with van der Waals surface area (Å²) in [7, 11) is 0. The number of ether oxygens (including phenoxy) is 2. The smallest absolute Gasteiger partial charge is 0.250 e. The van der Waals surface area contributed by atoms with Gasteiger partial charge in [0, 0.05) is 82.3 Å². The van der Waals surface area contributed by atoms with Gasteiger partial charge in [-0.3, -0.25) is 9.69 Å². The molecule has 2 atom stereocenters. The third kappa shape index (κ3) is 6.60. The lowest BCUT2D eigenvalue weighted by atomic mass is 9.85. The highest BCUT2D eigenvalue weighted by atomic mass is 19.3. The van der Waals surface area contributed by atoms with Crippen LogP contribution in [0.15, 0.2) is 24.5 Å². The zero-order valence-corrected chi connectivity index (χ0v) is 23.4. The number of hydrogen-bond acceptors (Lipinski definition) is 9. The molecule has 3 aliphatic heterocycles. The second kappa shape index (κ2) is 12.5. The number of aromatic nitrogens is 3. The third-order valence-electron chi connectivity index (χ3n) is 8.70. The molecule has 4 aliphatic rings. The van der Waals surface area contributed by atoms with Crippen LogP contribution in [0.4, 0.5) is 20.5 Å². The number of rotatable bonds is 7. The molecular weight excluding hydrogens is 532 g/mol. The third-order valence-corrected chi connectivity index (χ3v) is 8.70. The van der Waals surface area contributed by atoms with Gasteiger partial charge in [0.15, 0.2) is 0 Å². The summed E-state index contributed by atoms with van der Waals surface area (Å²) < 4.78 is 38.9. The van der Waals surface area contributed by atoms with Crippen molar-refractivity contribution in [3.63, 3.8) is 0 Å². The van der Waals surface area contributed by atoms with Crippen molar-refractivity contribution < 1.29 is 23.0 Å². The molecule has 0 spiro atoms. The summed E-state index contributed by atoms with van der Waals surface area (Å²) in [6.07, 6.45) is 5.66. The molecule has 3 fully saturated rings. The van der Waals surface area contributed by atoms with Gasteiger partial charge in [-0.15, -0.1) is 0 Å². The summed E-state index contributed by atoms with van der Waals surface area (Å²) in [4.78, 5) is 34.0. The number of piperidine rings is 1. The summed E-state index contributed by atoms with van der Waals surface area (Å²) >= 11 is 0. The number of nitrogens with one attached hydrogen (secondary N) is 1. The maximum Gasteiger partial charge on any atom is 0.250 e. The summed E-state index contributed by atoms with van der Waals surface area (Å²) in [5.41, 5.74) is 2.79. The second-order valence-electron chi connectivity index (χ2n) is 11.3. The van der Waals surface area contributed by atoms with Gasteiger partial charge in [-0.25, -0.2) is 23.7 Å². The maximum absolute atomic E-state index is 14.0. The normalized spacial score (nSPS) is 24.0. The van der Waals surface area contributed by atoms with Gasteiger partial charge in [0.25, 0.3) is 5.92 Å². The first-order valence-corrected chi connectivity index (χ1v) is 14.8. The van der Waals surface area contributed by atoms with E-state index in [-0.39, 0.29) is 43.8 Å². The number of anilines is 2. The Balaban J connectivity index is 1.16. The first kappa shape index (κ1) is 28.2. The predicted octanol–water partition coefficient (Wildman–Crippen LogP) is 2.55. The largest absolute Gasteiger partial charge is 0.378 e. The minimum atomic E-state index is -2.65. The number of halogens is 2. The van der Waals surface area contributed by atoms with E-state index >= 15 is 0 Å². The highest BCUT2D eigenvalue weighted by molar-refractivity contribution is 5.84. The number of nitrogens with zero attached hydrogens (tertiary/aromatic N) is 6. The number of carbonyl (C=O) groups excluding carboxylic acids is 1. The van der Waals surface area contributed by atoms with Crippen molar-refractivity contribution in [1.82, 2.24) is 25.2 Å². The molecule has 0 aromatic carbocycles. The van der Waals surface area contributed by atoms with Crippen molar-refractivity contribution in [3.05, 3.63) is 41.3 Å². The Kier molecular flexibility index (Phi) is 8.59. The fourth-order valence-electron chi connectivity index (χ4n) is 6.26. The van der Waals surface area contributed by atoms with Gasteiger partial charge in [-0.2, -0.15) is 0 Å². The Morgan fingerprint density at radius 2 is 1.63 bits per heavy atom. The van der Waals surface area contributed by atoms with Crippen LogP contribution in [0, 0.1) is 0 Å². The van der Waals surface area contributed by atoms with Crippen molar-refractivity contribution >= 4 is 17.7 Å². The molecule has 1 aliphatic carbocycles. The Labute approximate surface area is 239 Å². The fraction of sp³-hybridized carbons (Fsp3) is 0.655. The van der Waals surface area contributed by atoms with E-state index in [2.05, 4.69) is 31.2 Å². The van der Waals surface area contributed by atoms with E-state index in [1.165, 1.54) is 0 Å². The number of morpholine rings is 2. The average Bonchev–Trinajstić information content (AvgIpc) is 3.02. The van der Waals surface area contributed by atoms with Gasteiger partial charge in [-0.1, -0.05) is 6.07 Å². The van der Waals surface area contributed by atoms with Crippen LogP contribution in [0.5, 0.6) is 0 Å². The number of hydrogen-bond donors (Lipinski definition) is 1. The van der Waals surface area contributed by atoms with Crippen molar-refractivity contribution in [2.45, 2.75) is 50.0 Å².